The lowest BCUT2D eigenvalue weighted by Gasteiger charge is -2.57. The van der Waals surface area contributed by atoms with Gasteiger partial charge in [-0.05, 0) is 220 Å². The Labute approximate surface area is 882 Å². The van der Waals surface area contributed by atoms with E-state index in [1.54, 1.807) is 26.2 Å². The van der Waals surface area contributed by atoms with Crippen molar-refractivity contribution in [3.05, 3.63) is 206 Å². The average molecular weight is 2060 g/mol. The maximum Gasteiger partial charge on any atom is 0.410 e. The molecule has 12 atom stereocenters. The number of aliphatic hydroxyl groups excluding tert-OH is 1. The van der Waals surface area contributed by atoms with Crippen molar-refractivity contribution < 1.29 is 93.8 Å². The number of β-amino-alcohol motifs (C(OH)–C–C–N with tert-alkyl or cyclic N) is 1. The van der Waals surface area contributed by atoms with Crippen LogP contribution in [0.1, 0.15) is 362 Å². The molecule has 25 nitrogen and oxygen atoms in total. The zero-order valence-corrected chi connectivity index (χ0v) is 86.1. The van der Waals surface area contributed by atoms with E-state index in [0.29, 0.717) is 178 Å². The Hall–Kier alpha value is -8.61. The molecule has 2 bridgehead atoms. The van der Waals surface area contributed by atoms with Gasteiger partial charge in [0, 0.05) is 144 Å². The second-order valence-electron chi connectivity index (χ2n) is 39.3. The van der Waals surface area contributed by atoms with Crippen LogP contribution in [-0.4, -0.2) is 263 Å². The normalized spacial score (nSPS) is 19.8. The molecule has 146 heavy (non-hydrogen) atoms. The number of nitrogens with one attached hydrogen (secondary N) is 1. The predicted octanol–water partition coefficient (Wildman–Crippen LogP) is 24.5. The number of nitrogens with zero attached hydrogens (tertiary/aromatic N) is 4. The Kier molecular flexibility index (Phi) is 61.7. The number of rotatable bonds is 47. The van der Waals surface area contributed by atoms with Crippen LogP contribution >= 0.6 is 0 Å². The SMILES string of the molecule is C.C.C.C.C.C.C.C.CC(C)(C)OC(=O)N1CCC(O)C1.CCC(C)c1ccc(C(=O)CCCOCCOC2CCN(C(C)=O)C2)cc1.CCC(C)c1ccc(C(=O)CCCOCCOC2CCN(C3=CCC4C5Cc6ccc(OC)c7c6[C@@]4(CCN5C)[C@H]3O7)C2)cc1.CCC(C)c1ccc(C(=O)CCCOCCOC2CCNC2)cc1.CCC(C)c1ccc(C(=O)CCCOCCOS(=O)(=O)c2ccc(C)cc2)cc1. The van der Waals surface area contributed by atoms with Crippen molar-refractivity contribution in [2.45, 2.75) is 348 Å². The molecule has 6 aliphatic heterocycles. The number of aryl methyl sites for hydroxylation is 1. The maximum atomic E-state index is 12.6. The molecule has 6 aromatic rings. The van der Waals surface area contributed by atoms with Gasteiger partial charge < -0.3 is 77.4 Å². The van der Waals surface area contributed by atoms with Crippen LogP contribution in [0.5, 0.6) is 11.5 Å². The number of amides is 2. The van der Waals surface area contributed by atoms with Crippen LogP contribution in [0, 0.1) is 12.8 Å². The third-order valence-corrected chi connectivity index (χ3v) is 29.6. The molecular weight excluding hydrogens is 1860 g/mol. The second-order valence-corrected chi connectivity index (χ2v) is 41.0. The molecule has 2 aliphatic carbocycles. The van der Waals surface area contributed by atoms with Crippen molar-refractivity contribution in [2.24, 2.45) is 5.92 Å². The molecule has 6 heterocycles. The van der Waals surface area contributed by atoms with E-state index in [1.165, 1.54) is 56.1 Å². The number of likely N-dealkylation sites (N-methyl/N-ethyl adjacent to an activating group) is 1. The largest absolute Gasteiger partial charge is 0.493 e. The van der Waals surface area contributed by atoms with E-state index < -0.39 is 15.7 Å². The van der Waals surface area contributed by atoms with E-state index in [0.717, 1.165) is 150 Å². The standard InChI is InChI=1S/C38H50N2O5.C23H30O5S.C22H33NO4.C20H31NO3.C9H17NO3.8CH4/c1-5-25(2)26-8-10-27(11-9-26)33(41)7-6-20-43-21-22-44-29-16-18-40(24-29)31-14-13-30-32-23-28-12-15-34(42-4)36-35(28)38(30,37(31)45-36)17-19-39(32)3;1-4-19(3)20-9-11-21(12-10-20)23(24)6-5-15-27-16-17-28-29(25,26)22-13-7-18(2)8-14-22;1-4-17(2)19-7-9-20(10-8-19)22(25)6-5-13-26-14-15-27-21-11-12-23(16-21)18(3)24;1-3-16(2)17-6-8-18(9-7-17)20(22)5-4-12-23-13-14-24-19-10-11-21-15-19;1-9(2,3)13-8(12)10-5-4-7(11)6-10;;;;;;;;/h8-12,14-15,25,29-30,32,37H,5-7,13,16-24H2,1-4H3;7-14,19H,4-6,15-17H2,1-3H3;7-10,17,21H,4-6,11-16H2,1-3H3;6-9,16,19,21H,3-5,10-15H2,1-2H3;7,11H,4-6H2,1-3H3;8*1H4/t25?,29?,30?,32?,37-,38-;;;;;;;;;;;;/m0............/s1. The molecule has 14 rings (SSSR count). The van der Waals surface area contributed by atoms with E-state index in [2.05, 4.69) is 132 Å². The van der Waals surface area contributed by atoms with E-state index in [9.17, 15) is 42.3 Å². The van der Waals surface area contributed by atoms with Crippen LogP contribution in [0.3, 0.4) is 0 Å². The fourth-order valence-corrected chi connectivity index (χ4v) is 20.0. The first-order chi connectivity index (χ1) is 66.4. The van der Waals surface area contributed by atoms with Crippen LogP contribution < -0.4 is 14.8 Å². The zero-order chi connectivity index (χ0) is 99.3. The van der Waals surface area contributed by atoms with Crippen molar-refractivity contribution in [1.29, 1.82) is 0 Å². The summed E-state index contributed by atoms with van der Waals surface area (Å²) in [7, 11) is 0.296. The number of ether oxygens (including phenoxy) is 10. The number of aliphatic hydroxyl groups is 1. The van der Waals surface area contributed by atoms with E-state index in [1.807, 2.05) is 93.3 Å². The van der Waals surface area contributed by atoms with Crippen LogP contribution in [0.4, 0.5) is 4.79 Å². The molecule has 10 unspecified atom stereocenters. The van der Waals surface area contributed by atoms with Crippen molar-refractivity contribution >= 4 is 45.3 Å². The monoisotopic (exact) mass is 2060 g/mol. The summed E-state index contributed by atoms with van der Waals surface area (Å²) in [6.07, 6.45) is 18.6. The van der Waals surface area contributed by atoms with Gasteiger partial charge in [-0.1, -0.05) is 242 Å². The quantitative estimate of drug-likeness (QED) is 0.0204. The van der Waals surface area contributed by atoms with Gasteiger partial charge in [0.05, 0.1) is 95.0 Å². The van der Waals surface area contributed by atoms with Gasteiger partial charge in [-0.2, -0.15) is 8.42 Å². The van der Waals surface area contributed by atoms with Gasteiger partial charge in [-0.3, -0.25) is 28.2 Å². The summed E-state index contributed by atoms with van der Waals surface area (Å²) in [6, 6.07) is 43.4. The number of carbonyl (C=O) groups is 6. The lowest BCUT2D eigenvalue weighted by molar-refractivity contribution is -0.128. The summed E-state index contributed by atoms with van der Waals surface area (Å²) in [4.78, 5) is 80.5. The summed E-state index contributed by atoms with van der Waals surface area (Å²) < 4.78 is 87.0. The number of likely N-dealkylation sites (tertiary alicyclic amines) is 4. The predicted molar refractivity (Wildman–Crippen MR) is 595 cm³/mol. The van der Waals surface area contributed by atoms with Crippen LogP contribution in [-0.2, 0) is 68.8 Å². The molecule has 6 aromatic carbocycles. The van der Waals surface area contributed by atoms with Crippen molar-refractivity contribution in [3.8, 4) is 11.5 Å². The Morgan fingerprint density at radius 3 is 1.31 bits per heavy atom. The molecule has 5 saturated heterocycles. The number of methoxy groups -OCH3 is 1. The Morgan fingerprint density at radius 2 is 0.918 bits per heavy atom. The highest BCUT2D eigenvalue weighted by molar-refractivity contribution is 7.86. The van der Waals surface area contributed by atoms with Gasteiger partial charge in [0.15, 0.2) is 34.6 Å². The summed E-state index contributed by atoms with van der Waals surface area (Å²) in [6.45, 7) is 39.5. The molecule has 2 amide bonds. The van der Waals surface area contributed by atoms with Crippen molar-refractivity contribution in [2.75, 3.05) is 152 Å². The molecule has 1 spiro atoms. The van der Waals surface area contributed by atoms with Gasteiger partial charge in [0.25, 0.3) is 10.1 Å². The number of hydrogen-bond donors (Lipinski definition) is 2. The molecule has 0 radical (unpaired) electrons. The Balaban J connectivity index is 0.000000637. The molecule has 2 N–H and O–H groups in total. The number of allylic oxidation sites excluding steroid dienone is 1. The van der Waals surface area contributed by atoms with Gasteiger partial charge in [0.1, 0.15) is 11.7 Å². The minimum atomic E-state index is -3.77. The minimum Gasteiger partial charge on any atom is -0.493 e. The number of hydrogen-bond acceptors (Lipinski definition) is 23. The number of ketones is 4. The minimum absolute atomic E-state index is 0. The topological polar surface area (TPSA) is 283 Å². The summed E-state index contributed by atoms with van der Waals surface area (Å²) in [5, 5.41) is 12.5. The van der Waals surface area contributed by atoms with Gasteiger partial charge in [0.2, 0.25) is 5.91 Å². The zero-order valence-electron chi connectivity index (χ0n) is 85.3. The Bertz CT molecular complexity index is 4890. The fourth-order valence-electron chi connectivity index (χ4n) is 19.1. The molecule has 5 fully saturated rings. The summed E-state index contributed by atoms with van der Waals surface area (Å²) in [5.41, 5.74) is 13.0. The number of benzene rings is 6. The highest BCUT2D eigenvalue weighted by Crippen LogP contribution is 2.64. The lowest BCUT2D eigenvalue weighted by Crippen LogP contribution is -2.64. The lowest BCUT2D eigenvalue weighted by atomic mass is 9.52. The number of Topliss-reactive ketones (excluding diaryl/α,β-unsaturated/α-hetero) is 4. The van der Waals surface area contributed by atoms with E-state index in [-0.39, 0.29) is 142 Å². The van der Waals surface area contributed by atoms with E-state index in [4.69, 9.17) is 51.6 Å². The fraction of sp³-hybridized carbons (Fsp3) is 0.633. The smallest absolute Gasteiger partial charge is 0.410 e. The first kappa shape index (κ1) is 133. The summed E-state index contributed by atoms with van der Waals surface area (Å²) in [5.74, 6) is 5.27. The Morgan fingerprint density at radius 1 is 0.500 bits per heavy atom. The maximum absolute atomic E-state index is 12.6. The number of piperidine rings is 1. The summed E-state index contributed by atoms with van der Waals surface area (Å²) >= 11 is 0. The number of carbonyl (C=O) groups excluding carboxylic acids is 6. The van der Waals surface area contributed by atoms with E-state index >= 15 is 0 Å². The van der Waals surface area contributed by atoms with Gasteiger partial charge in [-0.15, -0.1) is 0 Å². The third-order valence-electron chi connectivity index (χ3n) is 28.3. The molecule has 26 heteroatoms. The molecule has 0 saturated carbocycles. The second kappa shape index (κ2) is 67.5. The first-order valence-corrected chi connectivity index (χ1v) is 52.6. The van der Waals surface area contributed by atoms with Gasteiger partial charge >= 0.3 is 6.09 Å². The van der Waals surface area contributed by atoms with Crippen LogP contribution in [0.2, 0.25) is 0 Å². The van der Waals surface area contributed by atoms with Gasteiger partial charge in [-0.25, -0.2) is 4.79 Å². The molecular formula is C120H193N5O20S. The van der Waals surface area contributed by atoms with Crippen LogP contribution in [0.15, 0.2) is 150 Å². The first-order valence-electron chi connectivity index (χ1n) is 51.2. The highest BCUT2D eigenvalue weighted by Gasteiger charge is 2.65. The van der Waals surface area contributed by atoms with Crippen molar-refractivity contribution in [1.82, 2.24) is 24.9 Å². The molecule has 8 aliphatic rings. The van der Waals surface area contributed by atoms with Crippen molar-refractivity contribution in [3.63, 3.8) is 0 Å². The van der Waals surface area contributed by atoms with Crippen LogP contribution in [0.25, 0.3) is 0 Å². The third kappa shape index (κ3) is 40.0. The average Bonchev–Trinajstić information content (AvgIpc) is 1.50. The molecule has 0 aromatic heterocycles. The highest BCUT2D eigenvalue weighted by atomic mass is 32.2. The molecule has 824 valence electrons.